The summed E-state index contributed by atoms with van der Waals surface area (Å²) in [5.41, 5.74) is 2.78. The van der Waals surface area contributed by atoms with Crippen LogP contribution in [0.3, 0.4) is 0 Å². The molecule has 0 aliphatic carbocycles. The predicted molar refractivity (Wildman–Crippen MR) is 102 cm³/mol. The van der Waals surface area contributed by atoms with Crippen molar-refractivity contribution >= 4 is 11.9 Å². The first kappa shape index (κ1) is 20.3. The number of hydrogen-bond donors (Lipinski definition) is 3. The molecule has 4 atom stereocenters. The molecule has 0 saturated heterocycles. The van der Waals surface area contributed by atoms with Crippen molar-refractivity contribution in [1.29, 1.82) is 0 Å². The third-order valence-electron chi connectivity index (χ3n) is 5.65. The first-order valence-corrected chi connectivity index (χ1v) is 9.68. The molecule has 1 amide bonds. The van der Waals surface area contributed by atoms with Crippen molar-refractivity contribution in [1.82, 2.24) is 20.4 Å². The van der Waals surface area contributed by atoms with Crippen LogP contribution in [0.1, 0.15) is 53.1 Å². The number of fused-ring (bicyclic) bond motifs is 3. The number of rotatable bonds is 5. The largest absolute Gasteiger partial charge is 0.480 e. The number of halogens is 2. The van der Waals surface area contributed by atoms with Crippen LogP contribution in [-0.2, 0) is 17.8 Å². The molecule has 0 radical (unpaired) electrons. The number of benzene rings is 1. The van der Waals surface area contributed by atoms with Crippen molar-refractivity contribution in [3.05, 3.63) is 46.8 Å². The molecule has 4 rings (SSSR count). The van der Waals surface area contributed by atoms with Gasteiger partial charge in [-0.3, -0.25) is 9.48 Å². The van der Waals surface area contributed by atoms with Crippen molar-refractivity contribution in [3.8, 4) is 5.75 Å². The number of nitrogens with zero attached hydrogens (tertiary/aromatic N) is 2. The number of aromatic nitrogens is 2. The van der Waals surface area contributed by atoms with Gasteiger partial charge in [0.25, 0.3) is 5.91 Å². The Morgan fingerprint density at radius 2 is 2.03 bits per heavy atom. The summed E-state index contributed by atoms with van der Waals surface area (Å²) in [4.78, 5) is 24.0. The van der Waals surface area contributed by atoms with Crippen molar-refractivity contribution in [2.45, 2.75) is 57.5 Å². The number of aliphatic carboxylic acids is 1. The minimum absolute atomic E-state index is 0.0680. The third kappa shape index (κ3) is 3.62. The maximum atomic E-state index is 12.7. The van der Waals surface area contributed by atoms with Crippen LogP contribution in [-0.4, -0.2) is 45.5 Å². The van der Waals surface area contributed by atoms with E-state index in [4.69, 9.17) is 0 Å². The molecular formula is C20H22F2N4O4. The van der Waals surface area contributed by atoms with Gasteiger partial charge in [-0.25, -0.2) is 4.79 Å². The maximum absolute atomic E-state index is 12.7. The molecule has 0 spiro atoms. The fourth-order valence-corrected chi connectivity index (χ4v) is 4.24. The molecule has 1 aromatic carbocycles. The van der Waals surface area contributed by atoms with E-state index in [1.54, 1.807) is 12.1 Å². The molecule has 2 aliphatic heterocycles. The zero-order chi connectivity index (χ0) is 21.6. The van der Waals surface area contributed by atoms with Gasteiger partial charge in [-0.15, -0.1) is 0 Å². The SMILES string of the molecule is CC1Cc2nn3c(c2C(C(C)c2ccc(OC(F)F)cc2)N1)C(=O)NC(C(=O)O)C3. The maximum Gasteiger partial charge on any atom is 0.387 e. The molecule has 160 valence electrons. The molecule has 8 nitrogen and oxygen atoms in total. The Hall–Kier alpha value is -3.01. The van der Waals surface area contributed by atoms with Crippen molar-refractivity contribution in [2.24, 2.45) is 0 Å². The quantitative estimate of drug-likeness (QED) is 0.684. The molecule has 0 bridgehead atoms. The number of hydrogen-bond acceptors (Lipinski definition) is 5. The molecule has 2 aliphatic rings. The number of carboxylic acids is 1. The summed E-state index contributed by atoms with van der Waals surface area (Å²) >= 11 is 0. The second-order valence-corrected chi connectivity index (χ2v) is 7.74. The standard InChI is InChI=1S/C20H22F2N4O4/c1-9-7-13-15(17-18(27)24-14(19(28)29)8-26(17)25-13)16(23-9)10(2)11-3-5-12(6-4-11)30-20(21)22/h3-6,9-10,14,16,20,23H,7-8H2,1-2H3,(H,24,27)(H,28,29). The van der Waals surface area contributed by atoms with Gasteiger partial charge in [0.2, 0.25) is 0 Å². The Morgan fingerprint density at radius 3 is 2.67 bits per heavy atom. The lowest BCUT2D eigenvalue weighted by molar-refractivity contribution is -0.139. The van der Waals surface area contributed by atoms with E-state index in [1.165, 1.54) is 16.8 Å². The van der Waals surface area contributed by atoms with Crippen molar-refractivity contribution < 1.29 is 28.2 Å². The Bertz CT molecular complexity index is 976. The summed E-state index contributed by atoms with van der Waals surface area (Å²) in [5.74, 6) is -1.60. The van der Waals surface area contributed by atoms with Crippen molar-refractivity contribution in [3.63, 3.8) is 0 Å². The lowest BCUT2D eigenvalue weighted by atomic mass is 9.83. The topological polar surface area (TPSA) is 105 Å². The summed E-state index contributed by atoms with van der Waals surface area (Å²) in [5, 5.41) is 19.9. The average Bonchev–Trinajstić information content (AvgIpc) is 3.05. The normalized spacial score (nSPS) is 24.0. The summed E-state index contributed by atoms with van der Waals surface area (Å²) in [6.45, 7) is 1.18. The van der Waals surface area contributed by atoms with Gasteiger partial charge in [-0.05, 0) is 24.6 Å². The van der Waals surface area contributed by atoms with E-state index in [0.717, 1.165) is 16.8 Å². The lowest BCUT2D eigenvalue weighted by Gasteiger charge is -2.34. The third-order valence-corrected chi connectivity index (χ3v) is 5.65. The number of amides is 1. The van der Waals surface area contributed by atoms with Crippen LogP contribution in [0.15, 0.2) is 24.3 Å². The minimum Gasteiger partial charge on any atom is -0.480 e. The van der Waals surface area contributed by atoms with E-state index in [2.05, 4.69) is 20.5 Å². The smallest absolute Gasteiger partial charge is 0.387 e. The number of carbonyl (C=O) groups excluding carboxylic acids is 1. The second kappa shape index (κ2) is 7.67. The monoisotopic (exact) mass is 420 g/mol. The van der Waals surface area contributed by atoms with Crippen LogP contribution in [0.4, 0.5) is 8.78 Å². The second-order valence-electron chi connectivity index (χ2n) is 7.74. The fraction of sp³-hybridized carbons (Fsp3) is 0.450. The molecule has 3 heterocycles. The van der Waals surface area contributed by atoms with Gasteiger partial charge in [-0.2, -0.15) is 13.9 Å². The number of carbonyl (C=O) groups is 2. The molecule has 1 aromatic heterocycles. The molecule has 0 saturated carbocycles. The van der Waals surface area contributed by atoms with E-state index in [1.807, 2.05) is 13.8 Å². The number of ether oxygens (including phenoxy) is 1. The highest BCUT2D eigenvalue weighted by molar-refractivity contribution is 5.98. The molecule has 10 heteroatoms. The van der Waals surface area contributed by atoms with Crippen LogP contribution < -0.4 is 15.4 Å². The first-order chi connectivity index (χ1) is 14.2. The zero-order valence-corrected chi connectivity index (χ0v) is 16.4. The number of alkyl halides is 2. The number of carboxylic acid groups (broad SMARTS) is 1. The van der Waals surface area contributed by atoms with E-state index < -0.39 is 24.5 Å². The zero-order valence-electron chi connectivity index (χ0n) is 16.4. The Morgan fingerprint density at radius 1 is 1.33 bits per heavy atom. The molecule has 30 heavy (non-hydrogen) atoms. The molecule has 3 N–H and O–H groups in total. The summed E-state index contributed by atoms with van der Waals surface area (Å²) in [6.07, 6.45) is 0.616. The molecule has 4 unspecified atom stereocenters. The van der Waals surface area contributed by atoms with Crippen LogP contribution in [0.25, 0.3) is 0 Å². The highest BCUT2D eigenvalue weighted by Gasteiger charge is 2.40. The van der Waals surface area contributed by atoms with E-state index >= 15 is 0 Å². The first-order valence-electron chi connectivity index (χ1n) is 9.68. The summed E-state index contributed by atoms with van der Waals surface area (Å²) in [7, 11) is 0. The molecule has 2 aromatic rings. The van der Waals surface area contributed by atoms with Crippen LogP contribution in [0, 0.1) is 0 Å². The number of nitrogens with one attached hydrogen (secondary N) is 2. The van der Waals surface area contributed by atoms with Crippen LogP contribution >= 0.6 is 0 Å². The van der Waals surface area contributed by atoms with E-state index in [9.17, 15) is 23.5 Å². The van der Waals surface area contributed by atoms with Gasteiger partial charge >= 0.3 is 12.6 Å². The molecular weight excluding hydrogens is 398 g/mol. The van der Waals surface area contributed by atoms with Crippen molar-refractivity contribution in [2.75, 3.05) is 0 Å². The Kier molecular flexibility index (Phi) is 5.19. The highest BCUT2D eigenvalue weighted by atomic mass is 19.3. The predicted octanol–water partition coefficient (Wildman–Crippen LogP) is 2.06. The van der Waals surface area contributed by atoms with E-state index in [0.29, 0.717) is 12.1 Å². The molecule has 0 fully saturated rings. The van der Waals surface area contributed by atoms with Gasteiger partial charge in [0.05, 0.1) is 12.2 Å². The lowest BCUT2D eigenvalue weighted by Crippen LogP contribution is -2.49. The van der Waals surface area contributed by atoms with Gasteiger partial charge in [0.15, 0.2) is 0 Å². The minimum atomic E-state index is -2.89. The van der Waals surface area contributed by atoms with Crippen LogP contribution in [0.2, 0.25) is 0 Å². The Balaban J connectivity index is 1.68. The summed E-state index contributed by atoms with van der Waals surface area (Å²) in [6, 6.07) is 5.25. The van der Waals surface area contributed by atoms with Gasteiger partial charge < -0.3 is 20.5 Å². The van der Waals surface area contributed by atoms with Gasteiger partial charge in [0, 0.05) is 30.0 Å². The summed E-state index contributed by atoms with van der Waals surface area (Å²) < 4.78 is 30.7. The van der Waals surface area contributed by atoms with Gasteiger partial charge in [0.1, 0.15) is 17.5 Å². The van der Waals surface area contributed by atoms with E-state index in [-0.39, 0.29) is 30.3 Å². The van der Waals surface area contributed by atoms with Crippen LogP contribution in [0.5, 0.6) is 5.75 Å². The van der Waals surface area contributed by atoms with Gasteiger partial charge in [-0.1, -0.05) is 19.1 Å². The fourth-order valence-electron chi connectivity index (χ4n) is 4.24. The average molecular weight is 420 g/mol. The Labute approximate surface area is 171 Å². The highest BCUT2D eigenvalue weighted by Crippen LogP contribution is 2.39.